The Morgan fingerprint density at radius 2 is 1.70 bits per heavy atom. The molecule has 3 rings (SSSR count). The van der Waals surface area contributed by atoms with Crippen molar-refractivity contribution in [2.24, 2.45) is 0 Å². The molecule has 23 heavy (non-hydrogen) atoms. The van der Waals surface area contributed by atoms with Crippen LogP contribution in [-0.4, -0.2) is 23.7 Å². The molecule has 0 spiro atoms. The number of likely N-dealkylation sites (tertiary alicyclic amines) is 1. The Labute approximate surface area is 140 Å². The zero-order valence-corrected chi connectivity index (χ0v) is 14.0. The third kappa shape index (κ3) is 4.35. The fourth-order valence-electron chi connectivity index (χ4n) is 3.55. The van der Waals surface area contributed by atoms with Crippen LogP contribution in [0.15, 0.2) is 60.7 Å². The second-order valence-electron chi connectivity index (χ2n) is 6.37. The molecular formula is C21H27NO. The number of ether oxygens (including phenoxy) is 1. The first-order valence-corrected chi connectivity index (χ1v) is 8.88. The van der Waals surface area contributed by atoms with E-state index in [0.29, 0.717) is 6.04 Å². The molecule has 0 N–H and O–H groups in total. The molecule has 122 valence electrons. The maximum Gasteiger partial charge on any atom is 0.152 e. The lowest BCUT2D eigenvalue weighted by atomic mass is 9.95. The number of benzene rings is 2. The van der Waals surface area contributed by atoms with E-state index in [1.54, 1.807) is 0 Å². The third-order valence-corrected chi connectivity index (χ3v) is 4.72. The highest BCUT2D eigenvalue weighted by Gasteiger charge is 2.29. The van der Waals surface area contributed by atoms with Crippen LogP contribution in [0.5, 0.6) is 5.75 Å². The van der Waals surface area contributed by atoms with E-state index in [9.17, 15) is 0 Å². The van der Waals surface area contributed by atoms with E-state index in [2.05, 4.69) is 54.3 Å². The Morgan fingerprint density at radius 3 is 2.39 bits per heavy atom. The molecule has 2 atom stereocenters. The van der Waals surface area contributed by atoms with E-state index in [1.165, 1.54) is 24.8 Å². The van der Waals surface area contributed by atoms with Gasteiger partial charge < -0.3 is 4.74 Å². The quantitative estimate of drug-likeness (QED) is 0.752. The fourth-order valence-corrected chi connectivity index (χ4v) is 3.55. The van der Waals surface area contributed by atoms with Crippen molar-refractivity contribution >= 4 is 0 Å². The van der Waals surface area contributed by atoms with Gasteiger partial charge in [0.1, 0.15) is 5.75 Å². The molecule has 1 saturated heterocycles. The second-order valence-corrected chi connectivity index (χ2v) is 6.37. The van der Waals surface area contributed by atoms with Gasteiger partial charge in [0, 0.05) is 12.6 Å². The highest BCUT2D eigenvalue weighted by Crippen LogP contribution is 2.25. The van der Waals surface area contributed by atoms with E-state index in [0.717, 1.165) is 25.1 Å². The van der Waals surface area contributed by atoms with Gasteiger partial charge in [-0.15, -0.1) is 0 Å². The zero-order chi connectivity index (χ0) is 15.9. The van der Waals surface area contributed by atoms with Crippen molar-refractivity contribution in [2.75, 3.05) is 6.54 Å². The molecule has 2 aromatic rings. The monoisotopic (exact) mass is 309 g/mol. The second kappa shape index (κ2) is 8.16. The molecule has 2 aromatic carbocycles. The molecule has 0 aliphatic carbocycles. The van der Waals surface area contributed by atoms with Crippen LogP contribution >= 0.6 is 0 Å². The van der Waals surface area contributed by atoms with E-state index >= 15 is 0 Å². The van der Waals surface area contributed by atoms with Gasteiger partial charge in [0.05, 0.1) is 0 Å². The maximum absolute atomic E-state index is 6.30. The first-order chi connectivity index (χ1) is 11.4. The summed E-state index contributed by atoms with van der Waals surface area (Å²) in [7, 11) is 0. The number of hydrogen-bond donors (Lipinski definition) is 0. The van der Waals surface area contributed by atoms with Crippen molar-refractivity contribution in [1.82, 2.24) is 4.90 Å². The number of para-hydroxylation sites is 1. The van der Waals surface area contributed by atoms with Crippen LogP contribution in [0.1, 0.15) is 38.2 Å². The van der Waals surface area contributed by atoms with E-state index in [1.807, 2.05) is 18.2 Å². The van der Waals surface area contributed by atoms with Crippen molar-refractivity contribution in [2.45, 2.75) is 51.3 Å². The molecule has 0 bridgehead atoms. The minimum absolute atomic E-state index is 0.173. The molecule has 2 heteroatoms. The van der Waals surface area contributed by atoms with Crippen LogP contribution in [0.3, 0.4) is 0 Å². The van der Waals surface area contributed by atoms with Crippen LogP contribution in [0, 0.1) is 0 Å². The van der Waals surface area contributed by atoms with Gasteiger partial charge in [-0.3, -0.25) is 4.90 Å². The molecule has 0 aromatic heterocycles. The average Bonchev–Trinajstić information content (AvgIpc) is 2.62. The largest absolute Gasteiger partial charge is 0.475 e. The first kappa shape index (κ1) is 16.1. The first-order valence-electron chi connectivity index (χ1n) is 8.88. The van der Waals surface area contributed by atoms with Crippen molar-refractivity contribution < 1.29 is 4.74 Å². The van der Waals surface area contributed by atoms with Gasteiger partial charge in [-0.25, -0.2) is 0 Å². The fraction of sp³-hybridized carbons (Fsp3) is 0.429. The maximum atomic E-state index is 6.30. The molecule has 0 radical (unpaired) electrons. The van der Waals surface area contributed by atoms with Crippen LogP contribution < -0.4 is 4.74 Å². The van der Waals surface area contributed by atoms with Gasteiger partial charge in [0.2, 0.25) is 0 Å². The van der Waals surface area contributed by atoms with Gasteiger partial charge in [0.25, 0.3) is 0 Å². The minimum Gasteiger partial charge on any atom is -0.475 e. The predicted molar refractivity (Wildman–Crippen MR) is 95.6 cm³/mol. The number of nitrogens with zero attached hydrogens (tertiary/aromatic N) is 1. The highest BCUT2D eigenvalue weighted by molar-refractivity contribution is 5.21. The summed E-state index contributed by atoms with van der Waals surface area (Å²) in [6.07, 6.45) is 6.18. The normalized spacial score (nSPS) is 20.1. The zero-order valence-electron chi connectivity index (χ0n) is 14.0. The minimum atomic E-state index is 0.173. The smallest absolute Gasteiger partial charge is 0.152 e. The molecule has 1 aliphatic rings. The lowest BCUT2D eigenvalue weighted by Gasteiger charge is -2.40. The SMILES string of the molecule is CCC(Oc1ccccc1)N1CCCCC1Cc1ccccc1. The molecule has 1 heterocycles. The Hall–Kier alpha value is -1.80. The number of piperidine rings is 1. The Bertz CT molecular complexity index is 525. The van der Waals surface area contributed by atoms with E-state index in [-0.39, 0.29) is 6.23 Å². The van der Waals surface area contributed by atoms with Crippen molar-refractivity contribution in [3.8, 4) is 5.75 Å². The predicted octanol–water partition coefficient (Wildman–Crippen LogP) is 4.90. The van der Waals surface area contributed by atoms with Crippen LogP contribution in [0.2, 0.25) is 0 Å². The van der Waals surface area contributed by atoms with Crippen LogP contribution in [0.25, 0.3) is 0 Å². The number of rotatable bonds is 6. The van der Waals surface area contributed by atoms with Crippen molar-refractivity contribution in [3.05, 3.63) is 66.2 Å². The molecule has 2 unspecified atom stereocenters. The lowest BCUT2D eigenvalue weighted by molar-refractivity contribution is -0.0248. The third-order valence-electron chi connectivity index (χ3n) is 4.72. The molecule has 0 amide bonds. The van der Waals surface area contributed by atoms with Gasteiger partial charge in [-0.05, 0) is 43.4 Å². The molecule has 2 nitrogen and oxygen atoms in total. The summed E-state index contributed by atoms with van der Waals surface area (Å²) in [4.78, 5) is 2.59. The summed E-state index contributed by atoms with van der Waals surface area (Å²) in [5.41, 5.74) is 1.43. The van der Waals surface area contributed by atoms with Crippen molar-refractivity contribution in [1.29, 1.82) is 0 Å². The van der Waals surface area contributed by atoms with Crippen LogP contribution in [-0.2, 0) is 6.42 Å². The van der Waals surface area contributed by atoms with Crippen LogP contribution in [0.4, 0.5) is 0 Å². The Balaban J connectivity index is 1.71. The number of hydrogen-bond acceptors (Lipinski definition) is 2. The average molecular weight is 309 g/mol. The summed E-state index contributed by atoms with van der Waals surface area (Å²) in [6.45, 7) is 3.37. The summed E-state index contributed by atoms with van der Waals surface area (Å²) < 4.78 is 6.30. The molecular weight excluding hydrogens is 282 g/mol. The van der Waals surface area contributed by atoms with E-state index in [4.69, 9.17) is 4.74 Å². The standard InChI is InChI=1S/C21H27NO/c1-2-21(23-20-14-7-4-8-15-20)22-16-10-9-13-19(22)17-18-11-5-3-6-12-18/h3-8,11-12,14-15,19,21H,2,9-10,13,16-17H2,1H3. The van der Waals surface area contributed by atoms with Gasteiger partial charge in [0.15, 0.2) is 6.23 Å². The van der Waals surface area contributed by atoms with Gasteiger partial charge in [-0.1, -0.05) is 61.9 Å². The van der Waals surface area contributed by atoms with Gasteiger partial charge >= 0.3 is 0 Å². The highest BCUT2D eigenvalue weighted by atomic mass is 16.5. The van der Waals surface area contributed by atoms with E-state index < -0.39 is 0 Å². The Morgan fingerprint density at radius 1 is 1.00 bits per heavy atom. The summed E-state index contributed by atoms with van der Waals surface area (Å²) in [5.74, 6) is 0.975. The summed E-state index contributed by atoms with van der Waals surface area (Å²) >= 11 is 0. The van der Waals surface area contributed by atoms with Crippen molar-refractivity contribution in [3.63, 3.8) is 0 Å². The Kier molecular flexibility index (Phi) is 5.71. The van der Waals surface area contributed by atoms with Gasteiger partial charge in [-0.2, -0.15) is 0 Å². The summed E-state index contributed by atoms with van der Waals surface area (Å²) in [5, 5.41) is 0. The summed E-state index contributed by atoms with van der Waals surface area (Å²) in [6, 6.07) is 21.7. The lowest BCUT2D eigenvalue weighted by Crippen LogP contribution is -2.49. The molecule has 1 fully saturated rings. The molecule has 0 saturated carbocycles. The molecule has 1 aliphatic heterocycles. The topological polar surface area (TPSA) is 12.5 Å².